The van der Waals surface area contributed by atoms with Crippen molar-refractivity contribution in [1.82, 2.24) is 0 Å². The van der Waals surface area contributed by atoms with E-state index in [1.165, 1.54) is 42.7 Å². The topological polar surface area (TPSA) is 135 Å². The number of ether oxygens (including phenoxy) is 1. The van der Waals surface area contributed by atoms with Crippen molar-refractivity contribution < 1.29 is 23.7 Å². The van der Waals surface area contributed by atoms with Crippen molar-refractivity contribution in [3.05, 3.63) is 72.8 Å². The highest BCUT2D eigenvalue weighted by molar-refractivity contribution is 7.17. The van der Waals surface area contributed by atoms with Gasteiger partial charge in [0.25, 0.3) is 11.6 Å². The van der Waals surface area contributed by atoms with Crippen LogP contribution in [0.15, 0.2) is 40.3 Å². The number of methoxy groups -OCH3 is 1. The zero-order valence-electron chi connectivity index (χ0n) is 18.4. The highest BCUT2D eigenvalue weighted by Crippen LogP contribution is 2.39. The molecule has 0 unspecified atom stereocenters. The van der Waals surface area contributed by atoms with Gasteiger partial charge in [0.15, 0.2) is 0 Å². The zero-order chi connectivity index (χ0) is 25.1. The van der Waals surface area contributed by atoms with Crippen LogP contribution in [-0.4, -0.2) is 23.9 Å². The van der Waals surface area contributed by atoms with Crippen molar-refractivity contribution >= 4 is 51.6 Å². The van der Waals surface area contributed by atoms with E-state index in [1.807, 2.05) is 6.07 Å². The molecule has 1 aliphatic carbocycles. The van der Waals surface area contributed by atoms with E-state index in [2.05, 4.69) is 5.32 Å². The molecule has 0 radical (unpaired) electrons. The van der Waals surface area contributed by atoms with Crippen molar-refractivity contribution in [2.24, 2.45) is 0 Å². The number of nitrogens with zero attached hydrogens (tertiary/aromatic N) is 2. The van der Waals surface area contributed by atoms with Crippen LogP contribution in [0.5, 0.6) is 0 Å². The van der Waals surface area contributed by atoms with Gasteiger partial charge in [-0.05, 0) is 49.4 Å². The summed E-state index contributed by atoms with van der Waals surface area (Å²) in [5.74, 6) is -0.701. The normalized spacial score (nSPS) is 13.0. The molecule has 4 rings (SSSR count). The molecule has 9 nitrogen and oxygen atoms in total. The molecule has 3 aromatic rings. The molecule has 178 valence electrons. The van der Waals surface area contributed by atoms with Crippen molar-refractivity contribution in [2.45, 2.75) is 25.7 Å². The molecule has 0 spiro atoms. The first-order chi connectivity index (χ1) is 16.8. The van der Waals surface area contributed by atoms with Gasteiger partial charge in [-0.3, -0.25) is 14.9 Å². The molecule has 11 heteroatoms. The third kappa shape index (κ3) is 4.96. The van der Waals surface area contributed by atoms with E-state index in [4.69, 9.17) is 20.8 Å². The molecule has 0 atom stereocenters. The number of furan rings is 1. The maximum absolute atomic E-state index is 12.9. The Balaban J connectivity index is 1.59. The monoisotopic (exact) mass is 511 g/mol. The summed E-state index contributed by atoms with van der Waals surface area (Å²) in [7, 11) is 1.28. The molecule has 2 aromatic heterocycles. The van der Waals surface area contributed by atoms with Crippen LogP contribution in [0.2, 0.25) is 5.02 Å². The summed E-state index contributed by atoms with van der Waals surface area (Å²) in [6.45, 7) is 0. The standard InChI is InChI=1S/C24H18ClN3O6S/c1-33-24(30)21-17-4-2-3-5-20(17)35-23(21)27-22(29)13(12-26)10-15-7-9-19(34-15)16-8-6-14(28(31)32)11-18(16)25/h6-11H,2-5H2,1H3,(H,27,29). The minimum absolute atomic E-state index is 0.124. The fourth-order valence-corrected chi connectivity index (χ4v) is 5.37. The van der Waals surface area contributed by atoms with Crippen molar-refractivity contribution in [3.63, 3.8) is 0 Å². The van der Waals surface area contributed by atoms with Gasteiger partial charge < -0.3 is 14.5 Å². The number of nitriles is 1. The van der Waals surface area contributed by atoms with Crippen LogP contribution in [0, 0.1) is 21.4 Å². The second-order valence-corrected chi connectivity index (χ2v) is 9.17. The molecular formula is C24H18ClN3O6S. The number of halogens is 1. The number of amides is 1. The van der Waals surface area contributed by atoms with Crippen LogP contribution < -0.4 is 5.32 Å². The number of esters is 1. The molecule has 2 heterocycles. The molecule has 0 saturated carbocycles. The van der Waals surface area contributed by atoms with Crippen molar-refractivity contribution in [3.8, 4) is 17.4 Å². The summed E-state index contributed by atoms with van der Waals surface area (Å²) in [5.41, 5.74) is 1.26. The molecule has 35 heavy (non-hydrogen) atoms. The third-order valence-electron chi connectivity index (χ3n) is 5.50. The Morgan fingerprint density at radius 2 is 2.06 bits per heavy atom. The Labute approximate surface area is 208 Å². The maximum Gasteiger partial charge on any atom is 0.341 e. The highest BCUT2D eigenvalue weighted by Gasteiger charge is 2.27. The molecule has 0 aliphatic heterocycles. The number of hydrogen-bond donors (Lipinski definition) is 1. The van der Waals surface area contributed by atoms with E-state index < -0.39 is 16.8 Å². The van der Waals surface area contributed by atoms with Gasteiger partial charge in [0.1, 0.15) is 28.2 Å². The Bertz CT molecular complexity index is 1410. The van der Waals surface area contributed by atoms with Crippen LogP contribution in [0.1, 0.15) is 39.4 Å². The van der Waals surface area contributed by atoms with Crippen molar-refractivity contribution in [2.75, 3.05) is 12.4 Å². The predicted molar refractivity (Wildman–Crippen MR) is 130 cm³/mol. The van der Waals surface area contributed by atoms with Gasteiger partial charge in [0.2, 0.25) is 0 Å². The van der Waals surface area contributed by atoms with E-state index in [9.17, 15) is 25.0 Å². The number of anilines is 1. The number of thiophene rings is 1. The fraction of sp³-hybridized carbons (Fsp3) is 0.208. The average Bonchev–Trinajstić information content (AvgIpc) is 3.46. The van der Waals surface area contributed by atoms with Gasteiger partial charge in [-0.1, -0.05) is 11.6 Å². The SMILES string of the molecule is COC(=O)c1c(NC(=O)C(C#N)=Cc2ccc(-c3ccc([N+](=O)[O-])cc3Cl)o2)sc2c1CCCC2. The van der Waals surface area contributed by atoms with Gasteiger partial charge in [-0.15, -0.1) is 11.3 Å². The van der Waals surface area contributed by atoms with E-state index >= 15 is 0 Å². The van der Waals surface area contributed by atoms with E-state index in [-0.39, 0.29) is 22.0 Å². The Hall–Kier alpha value is -3.94. The first kappa shape index (κ1) is 24.2. The predicted octanol–water partition coefficient (Wildman–Crippen LogP) is 5.78. The minimum atomic E-state index is -0.692. The molecule has 1 aliphatic rings. The Morgan fingerprint density at radius 1 is 1.29 bits per heavy atom. The number of carbonyl (C=O) groups excluding carboxylic acids is 2. The van der Waals surface area contributed by atoms with Crippen LogP contribution in [0.4, 0.5) is 10.7 Å². The fourth-order valence-electron chi connectivity index (χ4n) is 3.83. The second-order valence-electron chi connectivity index (χ2n) is 7.65. The number of rotatable bonds is 6. The molecule has 0 saturated heterocycles. The molecule has 0 bridgehead atoms. The van der Waals surface area contributed by atoms with Crippen LogP contribution in [-0.2, 0) is 22.4 Å². The van der Waals surface area contributed by atoms with Crippen LogP contribution in [0.25, 0.3) is 17.4 Å². The van der Waals surface area contributed by atoms with Gasteiger partial charge in [-0.2, -0.15) is 5.26 Å². The number of aryl methyl sites for hydroxylation is 1. The van der Waals surface area contributed by atoms with Crippen LogP contribution >= 0.6 is 22.9 Å². The molecule has 1 amide bonds. The average molecular weight is 512 g/mol. The summed E-state index contributed by atoms with van der Waals surface area (Å²) < 4.78 is 10.6. The molecular weight excluding hydrogens is 494 g/mol. The summed E-state index contributed by atoms with van der Waals surface area (Å²) in [6.07, 6.45) is 4.77. The lowest BCUT2D eigenvalue weighted by Gasteiger charge is -2.11. The molecule has 1 N–H and O–H groups in total. The summed E-state index contributed by atoms with van der Waals surface area (Å²) in [6, 6.07) is 8.94. The number of carbonyl (C=O) groups is 2. The quantitative estimate of drug-likeness (QED) is 0.145. The van der Waals surface area contributed by atoms with E-state index in [0.717, 1.165) is 36.1 Å². The summed E-state index contributed by atoms with van der Waals surface area (Å²) in [5, 5.41) is 23.6. The smallest absolute Gasteiger partial charge is 0.341 e. The van der Waals surface area contributed by atoms with E-state index in [1.54, 1.807) is 12.1 Å². The third-order valence-corrected chi connectivity index (χ3v) is 7.02. The minimum Gasteiger partial charge on any atom is -0.465 e. The number of fused-ring (bicyclic) bond motifs is 1. The lowest BCUT2D eigenvalue weighted by atomic mass is 9.95. The first-order valence-electron chi connectivity index (χ1n) is 10.5. The van der Waals surface area contributed by atoms with E-state index in [0.29, 0.717) is 21.9 Å². The molecule has 1 aromatic carbocycles. The van der Waals surface area contributed by atoms with Crippen molar-refractivity contribution in [1.29, 1.82) is 5.26 Å². The lowest BCUT2D eigenvalue weighted by molar-refractivity contribution is -0.384. The zero-order valence-corrected chi connectivity index (χ0v) is 20.0. The molecule has 0 fully saturated rings. The Morgan fingerprint density at radius 3 is 2.74 bits per heavy atom. The van der Waals surface area contributed by atoms with Gasteiger partial charge in [0.05, 0.1) is 22.6 Å². The van der Waals surface area contributed by atoms with Gasteiger partial charge in [-0.25, -0.2) is 4.79 Å². The maximum atomic E-state index is 12.9. The summed E-state index contributed by atoms with van der Waals surface area (Å²) in [4.78, 5) is 36.7. The summed E-state index contributed by atoms with van der Waals surface area (Å²) >= 11 is 7.47. The first-order valence-corrected chi connectivity index (χ1v) is 11.7. The number of nitrogens with one attached hydrogen (secondary N) is 1. The number of non-ortho nitro benzene ring substituents is 1. The number of hydrogen-bond acceptors (Lipinski definition) is 8. The van der Waals surface area contributed by atoms with Crippen LogP contribution in [0.3, 0.4) is 0 Å². The number of benzene rings is 1. The lowest BCUT2D eigenvalue weighted by Crippen LogP contribution is -2.16. The Kier molecular flexibility index (Phi) is 7.00. The highest BCUT2D eigenvalue weighted by atomic mass is 35.5. The van der Waals surface area contributed by atoms with Gasteiger partial charge >= 0.3 is 5.97 Å². The second kappa shape index (κ2) is 10.1. The number of nitro benzene ring substituents is 1. The largest absolute Gasteiger partial charge is 0.465 e. The number of nitro groups is 1. The van der Waals surface area contributed by atoms with Gasteiger partial charge in [0, 0.05) is 28.6 Å².